The van der Waals surface area contributed by atoms with Crippen LogP contribution >= 0.6 is 0 Å². The number of piperidine rings is 1. The molecule has 1 aliphatic heterocycles. The predicted octanol–water partition coefficient (Wildman–Crippen LogP) is 3.39. The highest BCUT2D eigenvalue weighted by Crippen LogP contribution is 2.32. The molecular formula is C19H23FN2O2. The average Bonchev–Trinajstić information content (AvgIpc) is 2.62. The molecule has 1 aromatic carbocycles. The molecule has 0 aliphatic carbocycles. The molecule has 0 radical (unpaired) electrons. The monoisotopic (exact) mass is 330 g/mol. The minimum Gasteiger partial charge on any atom is -0.488 e. The molecule has 3 rings (SSSR count). The minimum absolute atomic E-state index is 0.197. The standard InChI is InChI=1S/C19H23FN2O2/c1-2-23-19-18(4-3-10-22-19)24-13-15-12-21-11-9-17(15)14-5-7-16(20)8-6-14/h3-8,10,15,17,21H,2,9,11-13H2,1H3/t15-,17+/m1/s1. The summed E-state index contributed by atoms with van der Waals surface area (Å²) in [6.45, 7) is 4.90. The molecule has 2 heterocycles. The number of nitrogens with one attached hydrogen (secondary N) is 1. The fourth-order valence-electron chi connectivity index (χ4n) is 3.17. The van der Waals surface area contributed by atoms with Crippen molar-refractivity contribution in [2.75, 3.05) is 26.3 Å². The highest BCUT2D eigenvalue weighted by atomic mass is 19.1. The largest absolute Gasteiger partial charge is 0.488 e. The quantitative estimate of drug-likeness (QED) is 0.882. The summed E-state index contributed by atoms with van der Waals surface area (Å²) in [4.78, 5) is 4.21. The SMILES string of the molecule is CCOc1ncccc1OC[C@H]1CNCC[C@H]1c1ccc(F)cc1. The molecule has 1 N–H and O–H groups in total. The molecule has 0 unspecified atom stereocenters. The summed E-state index contributed by atoms with van der Waals surface area (Å²) in [5.41, 5.74) is 1.17. The van der Waals surface area contributed by atoms with Gasteiger partial charge in [0.2, 0.25) is 0 Å². The van der Waals surface area contributed by atoms with E-state index in [2.05, 4.69) is 10.3 Å². The van der Waals surface area contributed by atoms with Crippen molar-refractivity contribution in [1.82, 2.24) is 10.3 Å². The number of rotatable bonds is 6. The van der Waals surface area contributed by atoms with Gasteiger partial charge in [0.05, 0.1) is 13.2 Å². The lowest BCUT2D eigenvalue weighted by Crippen LogP contribution is -2.38. The lowest BCUT2D eigenvalue weighted by molar-refractivity contribution is 0.187. The van der Waals surface area contributed by atoms with E-state index in [0.717, 1.165) is 19.5 Å². The maximum Gasteiger partial charge on any atom is 0.256 e. The summed E-state index contributed by atoms with van der Waals surface area (Å²) in [5.74, 6) is 1.68. The molecule has 24 heavy (non-hydrogen) atoms. The first-order valence-corrected chi connectivity index (χ1v) is 8.44. The Labute approximate surface area is 142 Å². The first-order valence-electron chi connectivity index (χ1n) is 8.44. The van der Waals surface area contributed by atoms with Gasteiger partial charge in [-0.05, 0) is 55.6 Å². The van der Waals surface area contributed by atoms with Gasteiger partial charge in [0.1, 0.15) is 5.82 Å². The Morgan fingerprint density at radius 3 is 2.83 bits per heavy atom. The normalized spacial score (nSPS) is 20.6. The van der Waals surface area contributed by atoms with Crippen molar-refractivity contribution in [1.29, 1.82) is 0 Å². The highest BCUT2D eigenvalue weighted by Gasteiger charge is 2.27. The first-order chi connectivity index (χ1) is 11.8. The number of aromatic nitrogens is 1. The van der Waals surface area contributed by atoms with Crippen LogP contribution in [-0.2, 0) is 0 Å². The van der Waals surface area contributed by atoms with Crippen molar-refractivity contribution in [2.45, 2.75) is 19.3 Å². The van der Waals surface area contributed by atoms with E-state index in [1.54, 1.807) is 6.20 Å². The zero-order valence-corrected chi connectivity index (χ0v) is 13.9. The lowest BCUT2D eigenvalue weighted by Gasteiger charge is -2.32. The Morgan fingerprint density at radius 2 is 2.04 bits per heavy atom. The number of benzene rings is 1. The van der Waals surface area contributed by atoms with Crippen LogP contribution in [0.25, 0.3) is 0 Å². The third kappa shape index (κ3) is 4.03. The summed E-state index contributed by atoms with van der Waals surface area (Å²) < 4.78 is 24.7. The molecule has 1 saturated heterocycles. The molecule has 0 spiro atoms. The van der Waals surface area contributed by atoms with E-state index in [9.17, 15) is 4.39 Å². The molecule has 0 saturated carbocycles. The Kier molecular flexibility index (Phi) is 5.64. The maximum atomic E-state index is 13.2. The van der Waals surface area contributed by atoms with Gasteiger partial charge in [0.15, 0.2) is 5.75 Å². The van der Waals surface area contributed by atoms with Crippen LogP contribution in [0, 0.1) is 11.7 Å². The van der Waals surface area contributed by atoms with Crippen LogP contribution in [0.15, 0.2) is 42.6 Å². The van der Waals surface area contributed by atoms with Crippen molar-refractivity contribution in [3.05, 3.63) is 54.0 Å². The Bertz CT molecular complexity index is 648. The number of nitrogens with zero attached hydrogens (tertiary/aromatic N) is 1. The van der Waals surface area contributed by atoms with E-state index >= 15 is 0 Å². The van der Waals surface area contributed by atoms with Crippen LogP contribution < -0.4 is 14.8 Å². The van der Waals surface area contributed by atoms with E-state index in [4.69, 9.17) is 9.47 Å². The smallest absolute Gasteiger partial charge is 0.256 e. The van der Waals surface area contributed by atoms with Gasteiger partial charge in [-0.3, -0.25) is 0 Å². The minimum atomic E-state index is -0.197. The molecule has 1 fully saturated rings. The zero-order chi connectivity index (χ0) is 16.8. The highest BCUT2D eigenvalue weighted by molar-refractivity contribution is 5.32. The number of ether oxygens (including phenoxy) is 2. The van der Waals surface area contributed by atoms with Crippen LogP contribution in [0.3, 0.4) is 0 Å². The van der Waals surface area contributed by atoms with Gasteiger partial charge >= 0.3 is 0 Å². The van der Waals surface area contributed by atoms with Crippen LogP contribution in [0.1, 0.15) is 24.8 Å². The maximum absolute atomic E-state index is 13.2. The van der Waals surface area contributed by atoms with Crippen LogP contribution in [-0.4, -0.2) is 31.3 Å². The van der Waals surface area contributed by atoms with Crippen molar-refractivity contribution in [3.63, 3.8) is 0 Å². The first kappa shape index (κ1) is 16.7. The van der Waals surface area contributed by atoms with Crippen LogP contribution in [0.5, 0.6) is 11.6 Å². The van der Waals surface area contributed by atoms with Crippen LogP contribution in [0.2, 0.25) is 0 Å². The van der Waals surface area contributed by atoms with E-state index < -0.39 is 0 Å². The number of halogens is 1. The van der Waals surface area contributed by atoms with Crippen LogP contribution in [0.4, 0.5) is 4.39 Å². The number of pyridine rings is 1. The summed E-state index contributed by atoms with van der Waals surface area (Å²) in [6.07, 6.45) is 2.71. The van der Waals surface area contributed by atoms with Crippen molar-refractivity contribution < 1.29 is 13.9 Å². The molecule has 0 amide bonds. The fourth-order valence-corrected chi connectivity index (χ4v) is 3.17. The predicted molar refractivity (Wildman–Crippen MR) is 91.0 cm³/mol. The van der Waals surface area contributed by atoms with E-state index in [1.165, 1.54) is 17.7 Å². The molecule has 2 aromatic rings. The molecule has 4 nitrogen and oxygen atoms in total. The third-order valence-corrected chi connectivity index (χ3v) is 4.38. The second kappa shape index (κ2) is 8.11. The van der Waals surface area contributed by atoms with Crippen molar-refractivity contribution in [3.8, 4) is 11.6 Å². The zero-order valence-electron chi connectivity index (χ0n) is 13.9. The van der Waals surface area contributed by atoms with Gasteiger partial charge in [-0.1, -0.05) is 12.1 Å². The Balaban J connectivity index is 1.69. The van der Waals surface area contributed by atoms with Gasteiger partial charge in [0.25, 0.3) is 5.88 Å². The molecule has 2 atom stereocenters. The third-order valence-electron chi connectivity index (χ3n) is 4.38. The second-order valence-corrected chi connectivity index (χ2v) is 5.96. The summed E-state index contributed by atoms with van der Waals surface area (Å²) in [5, 5.41) is 3.42. The van der Waals surface area contributed by atoms with Gasteiger partial charge in [-0.25, -0.2) is 9.37 Å². The van der Waals surface area contributed by atoms with Crippen molar-refractivity contribution in [2.24, 2.45) is 5.92 Å². The average molecular weight is 330 g/mol. The van der Waals surface area contributed by atoms with E-state index in [1.807, 2.05) is 31.2 Å². The summed E-state index contributed by atoms with van der Waals surface area (Å²) >= 11 is 0. The molecule has 0 bridgehead atoms. The Morgan fingerprint density at radius 1 is 1.21 bits per heavy atom. The molecule has 5 heteroatoms. The molecule has 1 aromatic heterocycles. The number of hydrogen-bond donors (Lipinski definition) is 1. The van der Waals surface area contributed by atoms with E-state index in [-0.39, 0.29) is 5.82 Å². The molecular weight excluding hydrogens is 307 g/mol. The van der Waals surface area contributed by atoms with E-state index in [0.29, 0.717) is 36.7 Å². The lowest BCUT2D eigenvalue weighted by atomic mass is 9.81. The molecule has 1 aliphatic rings. The van der Waals surface area contributed by atoms with Gasteiger partial charge < -0.3 is 14.8 Å². The fraction of sp³-hybridized carbons (Fsp3) is 0.421. The number of hydrogen-bond acceptors (Lipinski definition) is 4. The summed E-state index contributed by atoms with van der Waals surface area (Å²) in [6, 6.07) is 10.5. The van der Waals surface area contributed by atoms with Gasteiger partial charge in [-0.2, -0.15) is 0 Å². The topological polar surface area (TPSA) is 43.4 Å². The van der Waals surface area contributed by atoms with Crippen molar-refractivity contribution >= 4 is 0 Å². The summed E-state index contributed by atoms with van der Waals surface area (Å²) in [7, 11) is 0. The van der Waals surface area contributed by atoms with Gasteiger partial charge in [0, 0.05) is 18.7 Å². The van der Waals surface area contributed by atoms with Gasteiger partial charge in [-0.15, -0.1) is 0 Å². The molecule has 128 valence electrons. The Hall–Kier alpha value is -2.14. The second-order valence-electron chi connectivity index (χ2n) is 5.96.